The number of carbonyl (C=O) groups is 1. The van der Waals surface area contributed by atoms with E-state index >= 15 is 0 Å². The maximum atomic E-state index is 14.1. The molecular weight excluding hydrogens is 497 g/mol. The summed E-state index contributed by atoms with van der Waals surface area (Å²) in [5.74, 6) is -0.586. The Kier molecular flexibility index (Phi) is 6.29. The van der Waals surface area contributed by atoms with E-state index in [-0.39, 0.29) is 29.5 Å². The second-order valence-corrected chi connectivity index (χ2v) is 9.53. The van der Waals surface area contributed by atoms with E-state index in [1.54, 1.807) is 36.4 Å². The van der Waals surface area contributed by atoms with Gasteiger partial charge < -0.3 is 10.2 Å². The van der Waals surface area contributed by atoms with E-state index in [0.717, 1.165) is 15.1 Å². The topological polar surface area (TPSA) is 50.2 Å². The van der Waals surface area contributed by atoms with Crippen LogP contribution in [0.15, 0.2) is 78.2 Å². The number of carbonyl (C=O) groups excluding carboxylic acids is 1. The Morgan fingerprint density at radius 3 is 2.40 bits per heavy atom. The molecule has 1 N–H and O–H groups in total. The zero-order valence-corrected chi connectivity index (χ0v) is 19.8. The first-order valence-electron chi connectivity index (χ1n) is 10.9. The Hall–Kier alpha value is -3.30. The molecule has 1 aliphatic rings. The molecule has 10 heteroatoms. The first-order valence-corrected chi connectivity index (χ1v) is 12.1. The second kappa shape index (κ2) is 9.39. The highest BCUT2D eigenvalue weighted by molar-refractivity contribution is 7.10. The maximum Gasteiger partial charge on any atom is 0.410 e. The van der Waals surface area contributed by atoms with Crippen LogP contribution in [0.25, 0.3) is 0 Å². The van der Waals surface area contributed by atoms with Crippen LogP contribution < -0.4 is 10.2 Å². The lowest BCUT2D eigenvalue weighted by molar-refractivity contribution is -0.173. The molecule has 180 valence electrons. The predicted octanol–water partition coefficient (Wildman–Crippen LogP) is 7.11. The maximum absolute atomic E-state index is 14.1. The summed E-state index contributed by atoms with van der Waals surface area (Å²) in [4.78, 5) is 15.9. The van der Waals surface area contributed by atoms with Crippen LogP contribution in [-0.2, 0) is 6.54 Å². The zero-order valence-electron chi connectivity index (χ0n) is 18.2. The zero-order chi connectivity index (χ0) is 24.6. The molecule has 3 heterocycles. The van der Waals surface area contributed by atoms with Gasteiger partial charge in [0, 0.05) is 17.0 Å². The standard InChI is InChI=1S/C25H20ClF3N4OS/c26-21-22(24(34)32(17-10-5-2-6-11-17)15-16-8-3-1-4-9-16)31-33-20(25(27,28)29)14-18(30-23(21)33)19-12-7-13-35-19/h1-13,18,20,30H,14-15H2/t18-,20+/m1/s1. The van der Waals surface area contributed by atoms with Crippen molar-refractivity contribution in [1.82, 2.24) is 9.78 Å². The van der Waals surface area contributed by atoms with Gasteiger partial charge in [0.05, 0.1) is 12.6 Å². The third kappa shape index (κ3) is 4.66. The van der Waals surface area contributed by atoms with Gasteiger partial charge in [-0.05, 0) is 29.1 Å². The van der Waals surface area contributed by atoms with E-state index in [1.165, 1.54) is 16.2 Å². The van der Waals surface area contributed by atoms with Crippen LogP contribution in [0.4, 0.5) is 24.7 Å². The number of benzene rings is 2. The van der Waals surface area contributed by atoms with Crippen molar-refractivity contribution in [2.45, 2.75) is 31.2 Å². The van der Waals surface area contributed by atoms with E-state index in [0.29, 0.717) is 5.69 Å². The van der Waals surface area contributed by atoms with Crippen LogP contribution in [0.3, 0.4) is 0 Å². The summed E-state index contributed by atoms with van der Waals surface area (Å²) in [7, 11) is 0. The SMILES string of the molecule is O=C(c1nn2c(c1Cl)N[C@@H](c1cccs1)C[C@H]2C(F)(F)F)N(Cc1ccccc1)c1ccccc1. The van der Waals surface area contributed by atoms with Gasteiger partial charge in [-0.25, -0.2) is 4.68 Å². The van der Waals surface area contributed by atoms with Crippen molar-refractivity contribution < 1.29 is 18.0 Å². The Morgan fingerprint density at radius 2 is 1.77 bits per heavy atom. The monoisotopic (exact) mass is 516 g/mol. The van der Waals surface area contributed by atoms with E-state index in [4.69, 9.17) is 11.6 Å². The van der Waals surface area contributed by atoms with Crippen molar-refractivity contribution in [3.63, 3.8) is 0 Å². The number of halogens is 4. The molecule has 0 bridgehead atoms. The number of fused-ring (bicyclic) bond motifs is 1. The average Bonchev–Trinajstić information content (AvgIpc) is 3.51. The molecule has 0 radical (unpaired) electrons. The summed E-state index contributed by atoms with van der Waals surface area (Å²) in [6.07, 6.45) is -4.82. The summed E-state index contributed by atoms with van der Waals surface area (Å²) in [6, 6.07) is 19.3. The predicted molar refractivity (Wildman–Crippen MR) is 131 cm³/mol. The summed E-state index contributed by atoms with van der Waals surface area (Å²) in [5.41, 5.74) is 1.21. The van der Waals surface area contributed by atoms with Crippen molar-refractivity contribution in [2.24, 2.45) is 0 Å². The first-order chi connectivity index (χ1) is 16.8. The fourth-order valence-electron chi connectivity index (χ4n) is 4.18. The van der Waals surface area contributed by atoms with Crippen LogP contribution in [0.5, 0.6) is 0 Å². The molecule has 5 rings (SSSR count). The lowest BCUT2D eigenvalue weighted by atomic mass is 10.0. The van der Waals surface area contributed by atoms with Crippen molar-refractivity contribution >= 4 is 40.4 Å². The largest absolute Gasteiger partial charge is 0.410 e. The fraction of sp³-hybridized carbons (Fsp3) is 0.200. The Bertz CT molecular complexity index is 1310. The van der Waals surface area contributed by atoms with Crippen molar-refractivity contribution in [2.75, 3.05) is 10.2 Å². The lowest BCUT2D eigenvalue weighted by Crippen LogP contribution is -2.35. The molecule has 5 nitrogen and oxygen atoms in total. The van der Waals surface area contributed by atoms with Crippen LogP contribution in [-0.4, -0.2) is 21.9 Å². The smallest absolute Gasteiger partial charge is 0.361 e. The van der Waals surface area contributed by atoms with E-state index in [2.05, 4.69) is 10.4 Å². The molecule has 0 unspecified atom stereocenters. The second-order valence-electron chi connectivity index (χ2n) is 8.17. The summed E-state index contributed by atoms with van der Waals surface area (Å²) in [5, 5.41) is 8.88. The Balaban J connectivity index is 1.56. The van der Waals surface area contributed by atoms with Gasteiger partial charge in [0.25, 0.3) is 5.91 Å². The van der Waals surface area contributed by atoms with Gasteiger partial charge in [-0.2, -0.15) is 18.3 Å². The molecule has 2 aromatic carbocycles. The number of thiophene rings is 1. The lowest BCUT2D eigenvalue weighted by Gasteiger charge is -2.32. The van der Waals surface area contributed by atoms with Crippen LogP contribution in [0.1, 0.15) is 39.4 Å². The molecule has 4 aromatic rings. The molecule has 1 aliphatic heterocycles. The first kappa shape index (κ1) is 23.4. The van der Waals surface area contributed by atoms with Gasteiger partial charge in [0.2, 0.25) is 0 Å². The number of alkyl halides is 3. The van der Waals surface area contributed by atoms with Crippen LogP contribution >= 0.6 is 22.9 Å². The fourth-order valence-corrected chi connectivity index (χ4v) is 5.23. The Labute approximate surface area is 208 Å². The number of nitrogens with zero attached hydrogens (tertiary/aromatic N) is 3. The van der Waals surface area contributed by atoms with Crippen LogP contribution in [0, 0.1) is 0 Å². The average molecular weight is 517 g/mol. The van der Waals surface area contributed by atoms with Gasteiger partial charge in [-0.3, -0.25) is 4.79 Å². The van der Waals surface area contributed by atoms with E-state index < -0.39 is 24.2 Å². The minimum atomic E-state index is -4.56. The number of hydrogen-bond acceptors (Lipinski definition) is 4. The number of amides is 1. The van der Waals surface area contributed by atoms with Gasteiger partial charge in [-0.15, -0.1) is 11.3 Å². The molecule has 2 atom stereocenters. The molecule has 0 saturated carbocycles. The molecule has 0 spiro atoms. The van der Waals surface area contributed by atoms with Gasteiger partial charge in [-0.1, -0.05) is 66.2 Å². The third-order valence-corrected chi connectivity index (χ3v) is 7.23. The van der Waals surface area contributed by atoms with E-state index in [9.17, 15) is 18.0 Å². The molecule has 0 saturated heterocycles. The normalized spacial score (nSPS) is 17.5. The minimum Gasteiger partial charge on any atom is -0.361 e. The number of para-hydroxylation sites is 1. The van der Waals surface area contributed by atoms with Crippen molar-refractivity contribution in [3.8, 4) is 0 Å². The molecule has 0 aliphatic carbocycles. The minimum absolute atomic E-state index is 0.00489. The number of rotatable bonds is 5. The molecule has 1 amide bonds. The Morgan fingerprint density at radius 1 is 1.09 bits per heavy atom. The summed E-state index contributed by atoms with van der Waals surface area (Å²) >= 11 is 7.92. The quantitative estimate of drug-likeness (QED) is 0.307. The van der Waals surface area contributed by atoms with Gasteiger partial charge >= 0.3 is 6.18 Å². The molecular formula is C25H20ClF3N4OS. The van der Waals surface area contributed by atoms with Gasteiger partial charge in [0.15, 0.2) is 11.7 Å². The number of hydrogen-bond donors (Lipinski definition) is 1. The third-order valence-electron chi connectivity index (χ3n) is 5.88. The number of aromatic nitrogens is 2. The molecule has 2 aromatic heterocycles. The van der Waals surface area contributed by atoms with E-state index in [1.807, 2.05) is 41.8 Å². The van der Waals surface area contributed by atoms with Crippen molar-refractivity contribution in [3.05, 3.63) is 99.3 Å². The summed E-state index contributed by atoms with van der Waals surface area (Å²) in [6.45, 7) is 0.205. The summed E-state index contributed by atoms with van der Waals surface area (Å²) < 4.78 is 43.0. The highest BCUT2D eigenvalue weighted by Crippen LogP contribution is 2.47. The highest BCUT2D eigenvalue weighted by atomic mass is 35.5. The van der Waals surface area contributed by atoms with Crippen molar-refractivity contribution in [1.29, 1.82) is 0 Å². The highest BCUT2D eigenvalue weighted by Gasteiger charge is 2.48. The van der Waals surface area contributed by atoms with Gasteiger partial charge in [0.1, 0.15) is 10.8 Å². The number of nitrogens with one attached hydrogen (secondary N) is 1. The number of anilines is 2. The van der Waals surface area contributed by atoms with Crippen LogP contribution in [0.2, 0.25) is 5.02 Å². The molecule has 0 fully saturated rings. The molecule has 35 heavy (non-hydrogen) atoms.